The molecule has 0 radical (unpaired) electrons. The third kappa shape index (κ3) is 1.92. The zero-order valence-electron chi connectivity index (χ0n) is 7.95. The number of ketones is 1. The van der Waals surface area contributed by atoms with E-state index in [9.17, 15) is 19.1 Å². The zero-order chi connectivity index (χ0) is 12.5. The smallest absolute Gasteiger partial charge is 0.377 e. The lowest BCUT2D eigenvalue weighted by atomic mass is 10.1. The van der Waals surface area contributed by atoms with Crippen LogP contribution in [0.25, 0.3) is 0 Å². The van der Waals surface area contributed by atoms with Crippen LogP contribution in [0.4, 0.5) is 4.39 Å². The first kappa shape index (κ1) is 12.3. The number of ether oxygens (including phenoxy) is 1. The average Bonchev–Trinajstić information content (AvgIpc) is 2.23. The third-order valence-electron chi connectivity index (χ3n) is 1.80. The average molecular weight is 249 g/mol. The van der Waals surface area contributed by atoms with E-state index in [1.54, 1.807) is 0 Å². The highest BCUT2D eigenvalue weighted by atomic mass is 35.5. The number of hydrogen-bond acceptors (Lipinski definition) is 4. The summed E-state index contributed by atoms with van der Waals surface area (Å²) in [5.74, 6) is -5.60. The number of rotatable bonds is 3. The molecule has 0 aliphatic rings. The number of phenolic OH excluding ortho intramolecular Hbond substituents is 1. The molecule has 0 saturated carbocycles. The Labute approximate surface area is 94.0 Å². The maximum atomic E-state index is 13.2. The van der Waals surface area contributed by atoms with Crippen molar-refractivity contribution in [3.63, 3.8) is 0 Å². The van der Waals surface area contributed by atoms with E-state index in [-0.39, 0.29) is 5.75 Å². The molecule has 0 fully saturated rings. The summed E-state index contributed by atoms with van der Waals surface area (Å²) in [7, 11) is 1.12. The molecule has 1 aromatic rings. The second-order valence-electron chi connectivity index (χ2n) is 2.73. The normalized spacial score (nSPS) is 9.94. The van der Waals surface area contributed by atoms with Gasteiger partial charge in [0.25, 0.3) is 5.78 Å². The van der Waals surface area contributed by atoms with Gasteiger partial charge in [-0.2, -0.15) is 0 Å². The van der Waals surface area contributed by atoms with Crippen molar-refractivity contribution < 1.29 is 28.9 Å². The van der Waals surface area contributed by atoms with Crippen molar-refractivity contribution in [1.82, 2.24) is 0 Å². The molecule has 86 valence electrons. The van der Waals surface area contributed by atoms with E-state index >= 15 is 0 Å². The molecule has 0 aromatic heterocycles. The molecule has 0 aliphatic carbocycles. The number of carbonyl (C=O) groups is 2. The van der Waals surface area contributed by atoms with Gasteiger partial charge in [-0.25, -0.2) is 9.18 Å². The number of Topliss-reactive ketones (excluding diaryl/α,β-unsaturated/α-hetero) is 1. The second-order valence-corrected chi connectivity index (χ2v) is 3.11. The summed E-state index contributed by atoms with van der Waals surface area (Å²) in [6.07, 6.45) is 0. The molecule has 0 bridgehead atoms. The van der Waals surface area contributed by atoms with Crippen LogP contribution in [0, 0.1) is 5.82 Å². The summed E-state index contributed by atoms with van der Waals surface area (Å²) < 4.78 is 17.7. The molecule has 0 heterocycles. The summed E-state index contributed by atoms with van der Waals surface area (Å²) in [6.45, 7) is 0. The van der Waals surface area contributed by atoms with E-state index in [4.69, 9.17) is 16.7 Å². The molecule has 0 atom stereocenters. The summed E-state index contributed by atoms with van der Waals surface area (Å²) in [4.78, 5) is 21.6. The van der Waals surface area contributed by atoms with Gasteiger partial charge in [0, 0.05) is 6.07 Å². The maximum absolute atomic E-state index is 13.2. The van der Waals surface area contributed by atoms with Gasteiger partial charge in [0.2, 0.25) is 0 Å². The van der Waals surface area contributed by atoms with E-state index in [1.165, 1.54) is 0 Å². The summed E-state index contributed by atoms with van der Waals surface area (Å²) in [6, 6.07) is 0.746. The Kier molecular flexibility index (Phi) is 3.34. The third-order valence-corrected chi connectivity index (χ3v) is 2.17. The molecule has 7 heteroatoms. The molecule has 0 spiro atoms. The standard InChI is InChI=1S/C9H6ClFO5/c1-16-4-2-3(11)6(10)5(7(4)12)8(13)9(14)15/h2,12H,1H3,(H,14,15). The Morgan fingerprint density at radius 1 is 1.50 bits per heavy atom. The van der Waals surface area contributed by atoms with Gasteiger partial charge in [0.15, 0.2) is 11.5 Å². The lowest BCUT2D eigenvalue weighted by Crippen LogP contribution is -2.14. The number of halogens is 2. The van der Waals surface area contributed by atoms with Gasteiger partial charge >= 0.3 is 5.97 Å². The minimum Gasteiger partial charge on any atom is -0.504 e. The van der Waals surface area contributed by atoms with Crippen molar-refractivity contribution in [2.45, 2.75) is 0 Å². The van der Waals surface area contributed by atoms with E-state index in [0.29, 0.717) is 0 Å². The second kappa shape index (κ2) is 4.36. The Morgan fingerprint density at radius 3 is 2.50 bits per heavy atom. The first-order valence-corrected chi connectivity index (χ1v) is 4.30. The maximum Gasteiger partial charge on any atom is 0.377 e. The van der Waals surface area contributed by atoms with Crippen LogP contribution in [0.5, 0.6) is 11.5 Å². The van der Waals surface area contributed by atoms with Crippen LogP contribution < -0.4 is 4.74 Å². The number of hydrogen-bond donors (Lipinski definition) is 2. The fourth-order valence-electron chi connectivity index (χ4n) is 1.06. The van der Waals surface area contributed by atoms with Crippen molar-refractivity contribution in [3.05, 3.63) is 22.5 Å². The van der Waals surface area contributed by atoms with Crippen molar-refractivity contribution in [2.75, 3.05) is 7.11 Å². The topological polar surface area (TPSA) is 83.8 Å². The number of aliphatic carboxylic acids is 1. The molecule has 2 N–H and O–H groups in total. The van der Waals surface area contributed by atoms with Crippen LogP contribution in [0.15, 0.2) is 6.07 Å². The largest absolute Gasteiger partial charge is 0.504 e. The van der Waals surface area contributed by atoms with Crippen LogP contribution in [0.2, 0.25) is 5.02 Å². The van der Waals surface area contributed by atoms with Gasteiger partial charge in [-0.3, -0.25) is 4.79 Å². The van der Waals surface area contributed by atoms with E-state index in [2.05, 4.69) is 4.74 Å². The Morgan fingerprint density at radius 2 is 2.06 bits per heavy atom. The Balaban J connectivity index is 3.53. The van der Waals surface area contributed by atoms with Gasteiger partial charge in [0.1, 0.15) is 5.82 Å². The van der Waals surface area contributed by atoms with E-state index < -0.39 is 33.9 Å². The minimum atomic E-state index is -1.86. The Hall–Kier alpha value is -1.82. The molecule has 5 nitrogen and oxygen atoms in total. The molecular formula is C9H6ClFO5. The minimum absolute atomic E-state index is 0.369. The fraction of sp³-hybridized carbons (Fsp3) is 0.111. The molecule has 0 unspecified atom stereocenters. The highest BCUT2D eigenvalue weighted by Crippen LogP contribution is 2.37. The molecule has 16 heavy (non-hydrogen) atoms. The van der Waals surface area contributed by atoms with Gasteiger partial charge in [-0.15, -0.1) is 0 Å². The van der Waals surface area contributed by atoms with Crippen molar-refractivity contribution in [2.24, 2.45) is 0 Å². The van der Waals surface area contributed by atoms with E-state index in [1.807, 2.05) is 0 Å². The van der Waals surface area contributed by atoms with Gasteiger partial charge in [-0.05, 0) is 0 Å². The van der Waals surface area contributed by atoms with Gasteiger partial charge in [-0.1, -0.05) is 11.6 Å². The van der Waals surface area contributed by atoms with Crippen LogP contribution >= 0.6 is 11.6 Å². The SMILES string of the molecule is COc1cc(F)c(Cl)c(C(=O)C(=O)O)c1O. The number of carbonyl (C=O) groups excluding carboxylic acids is 1. The summed E-state index contributed by atoms with van der Waals surface area (Å²) in [5.41, 5.74) is -0.828. The van der Waals surface area contributed by atoms with Crippen molar-refractivity contribution in [1.29, 1.82) is 0 Å². The molecule has 1 rings (SSSR count). The zero-order valence-corrected chi connectivity index (χ0v) is 8.71. The van der Waals surface area contributed by atoms with Crippen LogP contribution in [0.1, 0.15) is 10.4 Å². The quantitative estimate of drug-likeness (QED) is 0.625. The highest BCUT2D eigenvalue weighted by Gasteiger charge is 2.27. The molecule has 0 amide bonds. The molecular weight excluding hydrogens is 243 g/mol. The van der Waals surface area contributed by atoms with Crippen LogP contribution in [-0.2, 0) is 4.79 Å². The highest BCUT2D eigenvalue weighted by molar-refractivity contribution is 6.45. The van der Waals surface area contributed by atoms with Crippen molar-refractivity contribution in [3.8, 4) is 11.5 Å². The Bertz CT molecular complexity index is 471. The summed E-state index contributed by atoms with van der Waals surface area (Å²) in [5, 5.41) is 17.2. The first-order valence-electron chi connectivity index (χ1n) is 3.92. The van der Waals surface area contributed by atoms with Crippen LogP contribution in [0.3, 0.4) is 0 Å². The van der Waals surface area contributed by atoms with Gasteiger partial charge in [0.05, 0.1) is 17.7 Å². The predicted octanol–water partition coefficient (Wildman–Crippen LogP) is 1.46. The van der Waals surface area contributed by atoms with Crippen LogP contribution in [-0.4, -0.2) is 29.1 Å². The fourth-order valence-corrected chi connectivity index (χ4v) is 1.29. The number of carboxylic acid groups (broad SMARTS) is 1. The summed E-state index contributed by atoms with van der Waals surface area (Å²) >= 11 is 5.39. The first-order chi connectivity index (χ1) is 7.40. The monoisotopic (exact) mass is 248 g/mol. The van der Waals surface area contributed by atoms with E-state index in [0.717, 1.165) is 13.2 Å². The number of aromatic hydroxyl groups is 1. The number of carboxylic acids is 1. The molecule has 0 aliphatic heterocycles. The predicted molar refractivity (Wildman–Crippen MR) is 51.6 cm³/mol. The van der Waals surface area contributed by atoms with Crippen molar-refractivity contribution >= 4 is 23.4 Å². The molecule has 0 saturated heterocycles. The lowest BCUT2D eigenvalue weighted by Gasteiger charge is -2.09. The van der Waals surface area contributed by atoms with Gasteiger partial charge < -0.3 is 14.9 Å². The lowest BCUT2D eigenvalue weighted by molar-refractivity contribution is -0.131. The number of phenols is 1. The number of benzene rings is 1. The number of methoxy groups -OCH3 is 1. The molecule has 1 aromatic carbocycles.